The van der Waals surface area contributed by atoms with Gasteiger partial charge in [-0.3, -0.25) is 9.59 Å². The molecule has 2 rings (SSSR count). The van der Waals surface area contributed by atoms with E-state index in [0.717, 1.165) is 0 Å². The molecular weight excluding hydrogens is 365 g/mol. The van der Waals surface area contributed by atoms with E-state index in [1.807, 2.05) is 0 Å². The van der Waals surface area contributed by atoms with Gasteiger partial charge < -0.3 is 14.7 Å². The van der Waals surface area contributed by atoms with E-state index >= 15 is 0 Å². The summed E-state index contributed by atoms with van der Waals surface area (Å²) in [6.45, 7) is 1.16. The number of aliphatic carboxylic acids is 1. The Kier molecular flexibility index (Phi) is 7.95. The average Bonchev–Trinajstić information content (AvgIpc) is 2.97. The molecule has 1 aromatic rings. The van der Waals surface area contributed by atoms with Crippen molar-refractivity contribution in [2.24, 2.45) is 5.92 Å². The van der Waals surface area contributed by atoms with Crippen molar-refractivity contribution in [3.8, 4) is 5.75 Å². The van der Waals surface area contributed by atoms with E-state index in [1.54, 1.807) is 23.1 Å². The standard InChI is InChI=1S/C15H17Cl2NO4.ClH/c16-11-3-1-4-12(14(11)17)22-8-2-5-13(19)18-7-6-10(9-18)15(20)21;/h1,3-4,10H,2,5-9H2,(H,20,21);1H. The fourth-order valence-electron chi connectivity index (χ4n) is 2.35. The highest BCUT2D eigenvalue weighted by molar-refractivity contribution is 6.42. The molecule has 0 spiro atoms. The van der Waals surface area contributed by atoms with Crippen molar-refractivity contribution in [1.29, 1.82) is 0 Å². The number of carbonyl (C=O) groups is 2. The molecular formula is C15H18Cl3NO4. The van der Waals surface area contributed by atoms with Crippen LogP contribution in [0, 0.1) is 5.92 Å². The van der Waals surface area contributed by atoms with Crippen LogP contribution in [0.1, 0.15) is 19.3 Å². The molecule has 1 saturated heterocycles. The highest BCUT2D eigenvalue weighted by atomic mass is 35.5. The molecule has 0 radical (unpaired) electrons. The maximum Gasteiger partial charge on any atom is 0.308 e. The van der Waals surface area contributed by atoms with Gasteiger partial charge in [0.15, 0.2) is 0 Å². The Morgan fingerprint density at radius 2 is 2.09 bits per heavy atom. The Morgan fingerprint density at radius 1 is 1.35 bits per heavy atom. The molecule has 1 fully saturated rings. The average molecular weight is 383 g/mol. The summed E-state index contributed by atoms with van der Waals surface area (Å²) < 4.78 is 5.51. The van der Waals surface area contributed by atoms with Crippen LogP contribution >= 0.6 is 35.6 Å². The van der Waals surface area contributed by atoms with Gasteiger partial charge in [-0.05, 0) is 25.0 Å². The molecule has 5 nitrogen and oxygen atoms in total. The van der Waals surface area contributed by atoms with Crippen molar-refractivity contribution in [3.05, 3.63) is 28.2 Å². The molecule has 0 aliphatic carbocycles. The van der Waals surface area contributed by atoms with E-state index in [-0.39, 0.29) is 18.3 Å². The predicted octanol–water partition coefficient (Wildman–Crippen LogP) is 3.51. The second-order valence-electron chi connectivity index (χ2n) is 5.17. The number of rotatable bonds is 6. The molecule has 1 N–H and O–H groups in total. The van der Waals surface area contributed by atoms with Crippen molar-refractivity contribution in [3.63, 3.8) is 0 Å². The van der Waals surface area contributed by atoms with Crippen LogP contribution in [0.25, 0.3) is 0 Å². The number of ether oxygens (including phenoxy) is 1. The molecule has 1 atom stereocenters. The summed E-state index contributed by atoms with van der Waals surface area (Å²) >= 11 is 11.9. The number of halogens is 3. The number of benzene rings is 1. The third-order valence-corrected chi connectivity index (χ3v) is 4.40. The first kappa shape index (κ1) is 19.9. The number of carboxylic acid groups (broad SMARTS) is 1. The molecule has 1 unspecified atom stereocenters. The lowest BCUT2D eigenvalue weighted by molar-refractivity contribution is -0.141. The minimum atomic E-state index is -0.839. The zero-order valence-electron chi connectivity index (χ0n) is 12.3. The number of amides is 1. The lowest BCUT2D eigenvalue weighted by Gasteiger charge is -2.16. The van der Waals surface area contributed by atoms with Gasteiger partial charge in [-0.25, -0.2) is 0 Å². The Labute approximate surface area is 150 Å². The van der Waals surface area contributed by atoms with Crippen LogP contribution in [0.5, 0.6) is 5.75 Å². The highest BCUT2D eigenvalue weighted by Crippen LogP contribution is 2.31. The van der Waals surface area contributed by atoms with Gasteiger partial charge in [-0.15, -0.1) is 12.4 Å². The number of likely N-dealkylation sites (tertiary alicyclic amines) is 1. The second-order valence-corrected chi connectivity index (χ2v) is 5.95. The second kappa shape index (κ2) is 9.21. The Morgan fingerprint density at radius 3 is 2.74 bits per heavy atom. The first-order valence-corrected chi connectivity index (χ1v) is 7.82. The summed E-state index contributed by atoms with van der Waals surface area (Å²) in [5.74, 6) is -0.821. The molecule has 1 heterocycles. The largest absolute Gasteiger partial charge is 0.492 e. The van der Waals surface area contributed by atoms with Crippen molar-refractivity contribution >= 4 is 47.5 Å². The number of carboxylic acids is 1. The van der Waals surface area contributed by atoms with Gasteiger partial charge in [0.25, 0.3) is 0 Å². The SMILES string of the molecule is Cl.O=C(O)C1CCN(C(=O)CCCOc2cccc(Cl)c2Cl)C1. The summed E-state index contributed by atoms with van der Waals surface area (Å²) in [5, 5.41) is 9.70. The maximum absolute atomic E-state index is 12.0. The van der Waals surface area contributed by atoms with Crippen molar-refractivity contribution in [2.45, 2.75) is 19.3 Å². The van der Waals surface area contributed by atoms with Crippen molar-refractivity contribution < 1.29 is 19.4 Å². The molecule has 23 heavy (non-hydrogen) atoms. The van der Waals surface area contributed by atoms with E-state index in [1.165, 1.54) is 0 Å². The van der Waals surface area contributed by atoms with E-state index in [2.05, 4.69) is 0 Å². The van der Waals surface area contributed by atoms with Crippen LogP contribution in [0.15, 0.2) is 18.2 Å². The van der Waals surface area contributed by atoms with Crippen LogP contribution in [0.2, 0.25) is 10.0 Å². The lowest BCUT2D eigenvalue weighted by Crippen LogP contribution is -2.30. The summed E-state index contributed by atoms with van der Waals surface area (Å²) in [6.07, 6.45) is 1.39. The number of carbonyl (C=O) groups excluding carboxylic acids is 1. The summed E-state index contributed by atoms with van der Waals surface area (Å²) in [6, 6.07) is 5.13. The first-order chi connectivity index (χ1) is 10.5. The monoisotopic (exact) mass is 381 g/mol. The topological polar surface area (TPSA) is 66.8 Å². The predicted molar refractivity (Wildman–Crippen MR) is 90.8 cm³/mol. The molecule has 1 aromatic carbocycles. The minimum absolute atomic E-state index is 0. The molecule has 1 aliphatic heterocycles. The van der Waals surface area contributed by atoms with E-state index in [9.17, 15) is 9.59 Å². The van der Waals surface area contributed by atoms with Crippen molar-refractivity contribution in [2.75, 3.05) is 19.7 Å². The lowest BCUT2D eigenvalue weighted by atomic mass is 10.1. The normalized spacial score (nSPS) is 16.8. The summed E-state index contributed by atoms with van der Waals surface area (Å²) in [5.41, 5.74) is 0. The van der Waals surface area contributed by atoms with Crippen LogP contribution < -0.4 is 4.74 Å². The fourth-order valence-corrected chi connectivity index (χ4v) is 2.69. The third-order valence-electron chi connectivity index (χ3n) is 3.60. The molecule has 8 heteroatoms. The van der Waals surface area contributed by atoms with Gasteiger partial charge in [-0.1, -0.05) is 29.3 Å². The quantitative estimate of drug-likeness (QED) is 0.765. The summed E-state index contributed by atoms with van der Waals surface area (Å²) in [7, 11) is 0. The minimum Gasteiger partial charge on any atom is -0.492 e. The third kappa shape index (κ3) is 5.44. The number of nitrogens with zero attached hydrogens (tertiary/aromatic N) is 1. The molecule has 0 aromatic heterocycles. The molecule has 1 amide bonds. The fraction of sp³-hybridized carbons (Fsp3) is 0.467. The smallest absolute Gasteiger partial charge is 0.308 e. The molecule has 0 bridgehead atoms. The van der Waals surface area contributed by atoms with Gasteiger partial charge in [0.05, 0.1) is 17.5 Å². The highest BCUT2D eigenvalue weighted by Gasteiger charge is 2.30. The van der Waals surface area contributed by atoms with Crippen molar-refractivity contribution in [1.82, 2.24) is 4.90 Å². The number of hydrogen-bond acceptors (Lipinski definition) is 3. The molecule has 0 saturated carbocycles. The zero-order valence-corrected chi connectivity index (χ0v) is 14.7. The zero-order chi connectivity index (χ0) is 16.1. The van der Waals surface area contributed by atoms with Gasteiger partial charge in [0.1, 0.15) is 10.8 Å². The van der Waals surface area contributed by atoms with Crippen LogP contribution in [0.4, 0.5) is 0 Å². The van der Waals surface area contributed by atoms with Crippen LogP contribution in [0.3, 0.4) is 0 Å². The molecule has 1 aliphatic rings. The Bertz CT molecular complexity index is 568. The van der Waals surface area contributed by atoms with Crippen LogP contribution in [-0.2, 0) is 9.59 Å². The number of hydrogen-bond donors (Lipinski definition) is 1. The molecule has 128 valence electrons. The van der Waals surface area contributed by atoms with Crippen LogP contribution in [-0.4, -0.2) is 41.6 Å². The van der Waals surface area contributed by atoms with Gasteiger partial charge >= 0.3 is 5.97 Å². The van der Waals surface area contributed by atoms with Gasteiger partial charge in [-0.2, -0.15) is 0 Å². The van der Waals surface area contributed by atoms with Gasteiger partial charge in [0.2, 0.25) is 5.91 Å². The van der Waals surface area contributed by atoms with E-state index < -0.39 is 11.9 Å². The van der Waals surface area contributed by atoms with Gasteiger partial charge in [0, 0.05) is 19.5 Å². The Balaban J connectivity index is 0.00000264. The maximum atomic E-state index is 12.0. The van der Waals surface area contributed by atoms with E-state index in [4.69, 9.17) is 33.0 Å². The first-order valence-electron chi connectivity index (χ1n) is 7.06. The summed E-state index contributed by atoms with van der Waals surface area (Å²) in [4.78, 5) is 24.4. The Hall–Kier alpha value is -1.17. The van der Waals surface area contributed by atoms with E-state index in [0.29, 0.717) is 54.8 Å².